The van der Waals surface area contributed by atoms with Crippen molar-refractivity contribution in [3.8, 4) is 0 Å². The zero-order valence-corrected chi connectivity index (χ0v) is 17.9. The summed E-state index contributed by atoms with van der Waals surface area (Å²) in [6.45, 7) is 4.66. The summed E-state index contributed by atoms with van der Waals surface area (Å²) < 4.78 is 0. The Balaban J connectivity index is 1.26. The largest absolute Gasteiger partial charge is 0.342 e. The van der Waals surface area contributed by atoms with Crippen molar-refractivity contribution in [3.05, 3.63) is 77.5 Å². The van der Waals surface area contributed by atoms with E-state index in [0.717, 1.165) is 48.9 Å². The van der Waals surface area contributed by atoms with Crippen molar-refractivity contribution in [2.45, 2.75) is 26.2 Å². The predicted octanol–water partition coefficient (Wildman–Crippen LogP) is 3.85. The SMILES string of the molecule is Cc1ccc2cc(C(=O)N3CCC4(CCN(CCc5ccccc5)C4=O)C3)ccc2n1. The second-order valence-corrected chi connectivity index (χ2v) is 8.89. The Morgan fingerprint density at radius 1 is 1.03 bits per heavy atom. The fraction of sp³-hybridized carbons (Fsp3) is 0.346. The molecule has 5 nitrogen and oxygen atoms in total. The van der Waals surface area contributed by atoms with Gasteiger partial charge in [-0.2, -0.15) is 0 Å². The normalized spacial score (nSPS) is 20.9. The van der Waals surface area contributed by atoms with Crippen LogP contribution in [0, 0.1) is 12.3 Å². The number of aromatic nitrogens is 1. The van der Waals surface area contributed by atoms with Crippen LogP contribution in [-0.4, -0.2) is 52.8 Å². The summed E-state index contributed by atoms with van der Waals surface area (Å²) in [7, 11) is 0. The van der Waals surface area contributed by atoms with Crippen molar-refractivity contribution in [1.82, 2.24) is 14.8 Å². The zero-order chi connectivity index (χ0) is 21.4. The highest BCUT2D eigenvalue weighted by Gasteiger charge is 2.51. The molecule has 2 aromatic carbocycles. The summed E-state index contributed by atoms with van der Waals surface area (Å²) in [6, 6.07) is 19.9. The molecule has 5 heteroatoms. The minimum Gasteiger partial charge on any atom is -0.342 e. The molecule has 2 fully saturated rings. The highest BCUT2D eigenvalue weighted by Crippen LogP contribution is 2.41. The van der Waals surface area contributed by atoms with Gasteiger partial charge in [0.2, 0.25) is 5.91 Å². The third-order valence-corrected chi connectivity index (χ3v) is 6.83. The molecule has 0 N–H and O–H groups in total. The number of amides is 2. The van der Waals surface area contributed by atoms with Crippen LogP contribution in [-0.2, 0) is 11.2 Å². The molecule has 2 aliphatic heterocycles. The van der Waals surface area contributed by atoms with E-state index in [4.69, 9.17) is 0 Å². The maximum Gasteiger partial charge on any atom is 0.253 e. The molecule has 3 aromatic rings. The Hall–Kier alpha value is -3.21. The molecule has 1 unspecified atom stereocenters. The topological polar surface area (TPSA) is 53.5 Å². The molecule has 0 aliphatic carbocycles. The number of nitrogens with zero attached hydrogens (tertiary/aromatic N) is 3. The van der Waals surface area contributed by atoms with Crippen LogP contribution in [0.1, 0.15) is 34.5 Å². The van der Waals surface area contributed by atoms with Gasteiger partial charge in [0.25, 0.3) is 5.91 Å². The van der Waals surface area contributed by atoms with Gasteiger partial charge in [0.15, 0.2) is 0 Å². The number of fused-ring (bicyclic) bond motifs is 1. The second-order valence-electron chi connectivity index (χ2n) is 8.89. The number of hydrogen-bond acceptors (Lipinski definition) is 3. The number of likely N-dealkylation sites (tertiary alicyclic amines) is 2. The van der Waals surface area contributed by atoms with E-state index >= 15 is 0 Å². The Kier molecular flexibility index (Phi) is 4.97. The maximum absolute atomic E-state index is 13.2. The molecule has 2 amide bonds. The van der Waals surface area contributed by atoms with Crippen LogP contribution < -0.4 is 0 Å². The summed E-state index contributed by atoms with van der Waals surface area (Å²) in [6.07, 6.45) is 2.47. The molecule has 1 aromatic heterocycles. The van der Waals surface area contributed by atoms with Crippen LogP contribution >= 0.6 is 0 Å². The van der Waals surface area contributed by atoms with E-state index in [-0.39, 0.29) is 11.8 Å². The van der Waals surface area contributed by atoms with Crippen molar-refractivity contribution < 1.29 is 9.59 Å². The van der Waals surface area contributed by atoms with Crippen LogP contribution in [0.15, 0.2) is 60.7 Å². The first kappa shape index (κ1) is 19.7. The summed E-state index contributed by atoms with van der Waals surface area (Å²) in [4.78, 5) is 34.8. The Labute approximate surface area is 182 Å². The van der Waals surface area contributed by atoms with Gasteiger partial charge in [-0.1, -0.05) is 36.4 Å². The number of hydrogen-bond donors (Lipinski definition) is 0. The maximum atomic E-state index is 13.2. The zero-order valence-electron chi connectivity index (χ0n) is 17.9. The molecule has 0 saturated carbocycles. The predicted molar refractivity (Wildman–Crippen MR) is 121 cm³/mol. The molecule has 1 atom stereocenters. The lowest BCUT2D eigenvalue weighted by Gasteiger charge is -2.24. The van der Waals surface area contributed by atoms with Crippen LogP contribution in [0.3, 0.4) is 0 Å². The first-order chi connectivity index (χ1) is 15.0. The van der Waals surface area contributed by atoms with Crippen LogP contribution in [0.25, 0.3) is 10.9 Å². The smallest absolute Gasteiger partial charge is 0.253 e. The third-order valence-electron chi connectivity index (χ3n) is 6.83. The van der Waals surface area contributed by atoms with Crippen LogP contribution in [0.4, 0.5) is 0 Å². The standard InChI is InChI=1S/C26H27N3O2/c1-19-7-8-21-17-22(9-10-23(21)27-19)24(30)29-16-13-26(18-29)12-15-28(25(26)31)14-11-20-5-3-2-4-6-20/h2-10,17H,11-16,18H2,1H3. The van der Waals surface area contributed by atoms with Crippen molar-refractivity contribution >= 4 is 22.7 Å². The van der Waals surface area contributed by atoms with Gasteiger partial charge in [-0.25, -0.2) is 0 Å². The number of pyridine rings is 1. The van der Waals surface area contributed by atoms with Gasteiger partial charge in [0, 0.05) is 42.8 Å². The molecular formula is C26H27N3O2. The fourth-order valence-electron chi connectivity index (χ4n) is 4.98. The number of carbonyl (C=O) groups is 2. The third kappa shape index (κ3) is 3.69. The molecule has 2 aliphatic rings. The summed E-state index contributed by atoms with van der Waals surface area (Å²) >= 11 is 0. The second kappa shape index (κ2) is 7.80. The lowest BCUT2D eigenvalue weighted by Crippen LogP contribution is -2.39. The van der Waals surface area contributed by atoms with Gasteiger partial charge in [-0.05, 0) is 56.0 Å². The Bertz CT molecular complexity index is 1140. The van der Waals surface area contributed by atoms with Gasteiger partial charge in [-0.15, -0.1) is 0 Å². The monoisotopic (exact) mass is 413 g/mol. The van der Waals surface area contributed by atoms with E-state index in [0.29, 0.717) is 18.7 Å². The minimum atomic E-state index is -0.401. The number of aryl methyl sites for hydroxylation is 1. The van der Waals surface area contributed by atoms with Crippen molar-refractivity contribution in [2.75, 3.05) is 26.2 Å². The van der Waals surface area contributed by atoms with E-state index in [9.17, 15) is 9.59 Å². The van der Waals surface area contributed by atoms with Crippen molar-refractivity contribution in [2.24, 2.45) is 5.41 Å². The van der Waals surface area contributed by atoms with Crippen molar-refractivity contribution in [3.63, 3.8) is 0 Å². The van der Waals surface area contributed by atoms with Gasteiger partial charge >= 0.3 is 0 Å². The lowest BCUT2D eigenvalue weighted by atomic mass is 9.85. The van der Waals surface area contributed by atoms with Gasteiger partial charge in [0.1, 0.15) is 0 Å². The van der Waals surface area contributed by atoms with Gasteiger partial charge in [0.05, 0.1) is 10.9 Å². The fourth-order valence-corrected chi connectivity index (χ4v) is 4.98. The summed E-state index contributed by atoms with van der Waals surface area (Å²) in [5.74, 6) is 0.229. The minimum absolute atomic E-state index is 0.00915. The first-order valence-electron chi connectivity index (χ1n) is 11.0. The molecule has 2 saturated heterocycles. The van der Waals surface area contributed by atoms with E-state index in [1.54, 1.807) is 0 Å². The molecular weight excluding hydrogens is 386 g/mol. The quantitative estimate of drug-likeness (QED) is 0.653. The Morgan fingerprint density at radius 3 is 2.68 bits per heavy atom. The van der Waals surface area contributed by atoms with E-state index in [1.165, 1.54) is 5.56 Å². The number of carbonyl (C=O) groups excluding carboxylic acids is 2. The van der Waals surface area contributed by atoms with E-state index in [2.05, 4.69) is 17.1 Å². The molecule has 0 radical (unpaired) electrons. The van der Waals surface area contributed by atoms with E-state index < -0.39 is 5.41 Å². The molecule has 31 heavy (non-hydrogen) atoms. The average molecular weight is 414 g/mol. The summed E-state index contributed by atoms with van der Waals surface area (Å²) in [5, 5.41) is 0.967. The van der Waals surface area contributed by atoms with Gasteiger partial charge < -0.3 is 9.80 Å². The lowest BCUT2D eigenvalue weighted by molar-refractivity contribution is -0.135. The van der Waals surface area contributed by atoms with Crippen molar-refractivity contribution in [1.29, 1.82) is 0 Å². The van der Waals surface area contributed by atoms with Crippen LogP contribution in [0.2, 0.25) is 0 Å². The highest BCUT2D eigenvalue weighted by atomic mass is 16.2. The average Bonchev–Trinajstić information content (AvgIpc) is 3.36. The molecule has 0 bridgehead atoms. The molecule has 5 rings (SSSR count). The van der Waals surface area contributed by atoms with Gasteiger partial charge in [-0.3, -0.25) is 14.6 Å². The number of rotatable bonds is 4. The summed E-state index contributed by atoms with van der Waals surface area (Å²) in [5.41, 5.74) is 3.38. The highest BCUT2D eigenvalue weighted by molar-refractivity contribution is 5.99. The van der Waals surface area contributed by atoms with Crippen LogP contribution in [0.5, 0.6) is 0 Å². The number of benzene rings is 2. The molecule has 1 spiro atoms. The van der Waals surface area contributed by atoms with E-state index in [1.807, 2.05) is 65.3 Å². The Morgan fingerprint density at radius 2 is 1.84 bits per heavy atom. The first-order valence-corrected chi connectivity index (χ1v) is 11.0. The molecule has 158 valence electrons. The molecule has 3 heterocycles.